The summed E-state index contributed by atoms with van der Waals surface area (Å²) < 4.78 is 42.2. The number of thiophene rings is 1. The summed E-state index contributed by atoms with van der Waals surface area (Å²) in [7, 11) is 0. The summed E-state index contributed by atoms with van der Waals surface area (Å²) in [4.78, 5) is 5.44. The maximum atomic E-state index is 12.3. The van der Waals surface area contributed by atoms with Crippen LogP contribution < -0.4 is 15.5 Å². The Balaban J connectivity index is 1.32. The average molecular weight is 503 g/mol. The topological polar surface area (TPSA) is 76.4 Å². The number of rotatable bonds is 7. The Morgan fingerprint density at radius 1 is 1.12 bits per heavy atom. The standard InChI is InChI=1S/C22H17F3N6OS2/c23-22(24,25)32-18-9-7-17(8-10-18)31-14-27-20(30-31)16-5-3-15(4-6-16)12-28-29-21(33)26-13-19-2-1-11-34-19/h1-12,14H,13H2,(H2,26,29,33)/b28-12+. The maximum Gasteiger partial charge on any atom is 0.573 e. The van der Waals surface area contributed by atoms with E-state index < -0.39 is 6.36 Å². The number of thiocarbonyl (C=S) groups is 1. The van der Waals surface area contributed by atoms with Crippen LogP contribution in [0.1, 0.15) is 10.4 Å². The average Bonchev–Trinajstić information content (AvgIpc) is 3.50. The van der Waals surface area contributed by atoms with Crippen LogP contribution in [0, 0.1) is 0 Å². The van der Waals surface area contributed by atoms with E-state index in [1.165, 1.54) is 40.2 Å². The molecule has 0 saturated heterocycles. The monoisotopic (exact) mass is 502 g/mol. The van der Waals surface area contributed by atoms with Crippen molar-refractivity contribution in [3.8, 4) is 22.8 Å². The second-order valence-corrected chi connectivity index (χ2v) is 8.25. The molecule has 0 aliphatic rings. The van der Waals surface area contributed by atoms with Crippen LogP contribution in [-0.4, -0.2) is 32.5 Å². The lowest BCUT2D eigenvalue weighted by molar-refractivity contribution is -0.274. The summed E-state index contributed by atoms with van der Waals surface area (Å²) in [5.74, 6) is 0.165. The van der Waals surface area contributed by atoms with E-state index in [-0.39, 0.29) is 5.75 Å². The normalized spacial score (nSPS) is 11.5. The van der Waals surface area contributed by atoms with Gasteiger partial charge in [0.2, 0.25) is 0 Å². The lowest BCUT2D eigenvalue weighted by Crippen LogP contribution is -2.31. The van der Waals surface area contributed by atoms with Gasteiger partial charge in [0.15, 0.2) is 10.9 Å². The molecule has 12 heteroatoms. The van der Waals surface area contributed by atoms with Gasteiger partial charge in [-0.15, -0.1) is 29.6 Å². The molecule has 0 aliphatic heterocycles. The Hall–Kier alpha value is -3.77. The molecule has 0 amide bonds. The first-order valence-corrected chi connectivity index (χ1v) is 11.1. The zero-order valence-corrected chi connectivity index (χ0v) is 19.0. The van der Waals surface area contributed by atoms with Crippen molar-refractivity contribution in [2.24, 2.45) is 5.10 Å². The molecule has 0 saturated carbocycles. The molecule has 0 radical (unpaired) electrons. The van der Waals surface area contributed by atoms with E-state index in [9.17, 15) is 13.2 Å². The van der Waals surface area contributed by atoms with Gasteiger partial charge >= 0.3 is 6.36 Å². The van der Waals surface area contributed by atoms with Crippen molar-refractivity contribution in [2.75, 3.05) is 0 Å². The second-order valence-electron chi connectivity index (χ2n) is 6.81. The second kappa shape index (κ2) is 10.4. The van der Waals surface area contributed by atoms with Crippen molar-refractivity contribution < 1.29 is 17.9 Å². The number of alkyl halides is 3. The Morgan fingerprint density at radius 3 is 2.56 bits per heavy atom. The van der Waals surface area contributed by atoms with Gasteiger partial charge in [0.1, 0.15) is 12.1 Å². The molecule has 4 aromatic rings. The van der Waals surface area contributed by atoms with Gasteiger partial charge in [-0.3, -0.25) is 5.43 Å². The molecule has 0 spiro atoms. The number of benzene rings is 2. The van der Waals surface area contributed by atoms with Crippen LogP contribution in [0.3, 0.4) is 0 Å². The van der Waals surface area contributed by atoms with Crippen molar-refractivity contribution in [1.29, 1.82) is 0 Å². The quantitative estimate of drug-likeness (QED) is 0.213. The molecule has 2 aromatic carbocycles. The van der Waals surface area contributed by atoms with Crippen LogP contribution in [0.15, 0.2) is 77.5 Å². The van der Waals surface area contributed by atoms with Crippen LogP contribution in [-0.2, 0) is 6.54 Å². The number of hydrazone groups is 1. The van der Waals surface area contributed by atoms with Crippen LogP contribution in [0.25, 0.3) is 17.1 Å². The zero-order valence-electron chi connectivity index (χ0n) is 17.4. The van der Waals surface area contributed by atoms with Crippen molar-refractivity contribution in [3.63, 3.8) is 0 Å². The third-order valence-electron chi connectivity index (χ3n) is 4.38. The molecule has 0 bridgehead atoms. The molecule has 2 heterocycles. The highest BCUT2D eigenvalue weighted by Crippen LogP contribution is 2.24. The van der Waals surface area contributed by atoms with E-state index in [0.717, 1.165) is 11.1 Å². The molecule has 34 heavy (non-hydrogen) atoms. The van der Waals surface area contributed by atoms with Crippen LogP contribution >= 0.6 is 23.6 Å². The minimum absolute atomic E-state index is 0.303. The lowest BCUT2D eigenvalue weighted by atomic mass is 10.1. The molecule has 2 N–H and O–H groups in total. The summed E-state index contributed by atoms with van der Waals surface area (Å²) in [6.07, 6.45) is -1.61. The molecule has 0 atom stereocenters. The predicted molar refractivity (Wildman–Crippen MR) is 128 cm³/mol. The highest BCUT2D eigenvalue weighted by molar-refractivity contribution is 7.80. The summed E-state index contributed by atoms with van der Waals surface area (Å²) >= 11 is 6.84. The van der Waals surface area contributed by atoms with E-state index in [1.54, 1.807) is 17.6 Å². The summed E-state index contributed by atoms with van der Waals surface area (Å²) in [5.41, 5.74) is 4.94. The van der Waals surface area contributed by atoms with Crippen molar-refractivity contribution in [1.82, 2.24) is 25.5 Å². The molecular weight excluding hydrogens is 485 g/mol. The number of hydrogen-bond acceptors (Lipinski definition) is 6. The number of nitrogens with zero attached hydrogens (tertiary/aromatic N) is 4. The van der Waals surface area contributed by atoms with Crippen LogP contribution in [0.2, 0.25) is 0 Å². The van der Waals surface area contributed by atoms with E-state index >= 15 is 0 Å². The van der Waals surface area contributed by atoms with Crippen LogP contribution in [0.4, 0.5) is 13.2 Å². The largest absolute Gasteiger partial charge is 0.573 e. The molecule has 0 aliphatic carbocycles. The predicted octanol–water partition coefficient (Wildman–Crippen LogP) is 4.89. The van der Waals surface area contributed by atoms with Crippen molar-refractivity contribution in [2.45, 2.75) is 12.9 Å². The molecule has 0 fully saturated rings. The molecule has 174 valence electrons. The van der Waals surface area contributed by atoms with E-state index in [0.29, 0.717) is 23.2 Å². The SMILES string of the molecule is FC(F)(F)Oc1ccc(-n2cnc(-c3ccc(/C=N/NC(=S)NCc4cccs4)cc3)n2)cc1. The van der Waals surface area contributed by atoms with Gasteiger partial charge in [0, 0.05) is 10.4 Å². The van der Waals surface area contributed by atoms with Crippen molar-refractivity contribution in [3.05, 3.63) is 82.8 Å². The van der Waals surface area contributed by atoms with E-state index in [4.69, 9.17) is 12.2 Å². The summed E-state index contributed by atoms with van der Waals surface area (Å²) in [6, 6.07) is 16.8. The van der Waals surface area contributed by atoms with E-state index in [1.807, 2.05) is 41.8 Å². The Kier molecular flexibility index (Phi) is 7.18. The molecule has 2 aromatic heterocycles. The first-order valence-electron chi connectivity index (χ1n) is 9.83. The summed E-state index contributed by atoms with van der Waals surface area (Å²) in [6.45, 7) is 0.638. The number of ether oxygens (including phenoxy) is 1. The number of halogens is 3. The summed E-state index contributed by atoms with van der Waals surface area (Å²) in [5, 5.41) is 14.0. The van der Waals surface area contributed by atoms with E-state index in [2.05, 4.69) is 30.7 Å². The maximum absolute atomic E-state index is 12.3. The van der Waals surface area contributed by atoms with Gasteiger partial charge in [0.05, 0.1) is 18.4 Å². The van der Waals surface area contributed by atoms with Crippen LogP contribution in [0.5, 0.6) is 5.75 Å². The van der Waals surface area contributed by atoms with Gasteiger partial charge < -0.3 is 10.1 Å². The van der Waals surface area contributed by atoms with Gasteiger partial charge in [0.25, 0.3) is 0 Å². The molecule has 7 nitrogen and oxygen atoms in total. The minimum atomic E-state index is -4.73. The Bertz CT molecular complexity index is 1250. The first kappa shape index (κ1) is 23.4. The van der Waals surface area contributed by atoms with Gasteiger partial charge in [-0.1, -0.05) is 30.3 Å². The molecule has 4 rings (SSSR count). The minimum Gasteiger partial charge on any atom is -0.406 e. The third-order valence-corrected chi connectivity index (χ3v) is 5.49. The van der Waals surface area contributed by atoms with Crippen molar-refractivity contribution >= 4 is 34.9 Å². The smallest absolute Gasteiger partial charge is 0.406 e. The fourth-order valence-electron chi connectivity index (χ4n) is 2.82. The number of hydrogen-bond donors (Lipinski definition) is 2. The van der Waals surface area contributed by atoms with Gasteiger partial charge in [-0.05, 0) is 53.5 Å². The Labute approximate surface area is 201 Å². The zero-order chi connectivity index (χ0) is 24.0. The molecule has 0 unspecified atom stereocenters. The fraction of sp³-hybridized carbons (Fsp3) is 0.0909. The van der Waals surface area contributed by atoms with Gasteiger partial charge in [-0.25, -0.2) is 9.67 Å². The Morgan fingerprint density at radius 2 is 1.88 bits per heavy atom. The fourth-order valence-corrected chi connectivity index (χ4v) is 3.59. The number of nitrogens with one attached hydrogen (secondary N) is 2. The number of aromatic nitrogens is 3. The lowest BCUT2D eigenvalue weighted by Gasteiger charge is -2.09. The third kappa shape index (κ3) is 6.62. The highest BCUT2D eigenvalue weighted by Gasteiger charge is 2.31. The highest BCUT2D eigenvalue weighted by atomic mass is 32.1. The molecular formula is C22H17F3N6OS2. The first-order chi connectivity index (χ1) is 16.4. The van der Waals surface area contributed by atoms with Gasteiger partial charge in [-0.2, -0.15) is 5.10 Å².